The maximum Gasteiger partial charge on any atom is 0.130 e. The molecule has 0 fully saturated rings. The zero-order valence-electron chi connectivity index (χ0n) is 10.3. The highest BCUT2D eigenvalue weighted by Crippen LogP contribution is 2.18. The van der Waals surface area contributed by atoms with E-state index in [1.54, 1.807) is 17.7 Å². The van der Waals surface area contributed by atoms with E-state index >= 15 is 0 Å². The van der Waals surface area contributed by atoms with Crippen molar-refractivity contribution in [1.82, 2.24) is 9.97 Å². The summed E-state index contributed by atoms with van der Waals surface area (Å²) in [6.45, 7) is 0.795. The van der Waals surface area contributed by atoms with Gasteiger partial charge in [-0.1, -0.05) is 36.4 Å². The molecule has 94 valence electrons. The number of nitrogens with zero attached hydrogens (tertiary/aromatic N) is 2. The Labute approximate surface area is 116 Å². The molecular weight excluding hydrogens is 254 g/mol. The first kappa shape index (κ1) is 11.9. The maximum absolute atomic E-state index is 4.31. The van der Waals surface area contributed by atoms with Gasteiger partial charge in [0.2, 0.25) is 0 Å². The van der Waals surface area contributed by atoms with Crippen molar-refractivity contribution in [2.24, 2.45) is 0 Å². The molecule has 3 rings (SSSR count). The van der Waals surface area contributed by atoms with Gasteiger partial charge in [0.05, 0.1) is 12.2 Å². The number of hydrogen-bond donors (Lipinski definition) is 1. The number of rotatable bonds is 4. The highest BCUT2D eigenvalue weighted by molar-refractivity contribution is 7.09. The lowest BCUT2D eigenvalue weighted by Crippen LogP contribution is -2.00. The second-order valence-electron chi connectivity index (χ2n) is 4.09. The Morgan fingerprint density at radius 3 is 2.68 bits per heavy atom. The number of thiophene rings is 1. The summed E-state index contributed by atoms with van der Waals surface area (Å²) in [5, 5.41) is 5.39. The molecule has 0 atom stereocenters. The average Bonchev–Trinajstić information content (AvgIpc) is 3.00. The van der Waals surface area contributed by atoms with Crippen molar-refractivity contribution in [3.8, 4) is 11.3 Å². The third-order valence-electron chi connectivity index (χ3n) is 2.76. The van der Waals surface area contributed by atoms with Crippen LogP contribution in [0.25, 0.3) is 11.3 Å². The fourth-order valence-electron chi connectivity index (χ4n) is 1.81. The normalized spacial score (nSPS) is 10.3. The molecule has 2 aromatic heterocycles. The van der Waals surface area contributed by atoms with Crippen molar-refractivity contribution < 1.29 is 0 Å². The Kier molecular flexibility index (Phi) is 3.51. The first-order valence-electron chi connectivity index (χ1n) is 6.05. The van der Waals surface area contributed by atoms with Gasteiger partial charge < -0.3 is 5.32 Å². The van der Waals surface area contributed by atoms with E-state index in [2.05, 4.69) is 32.8 Å². The van der Waals surface area contributed by atoms with Crippen molar-refractivity contribution >= 4 is 17.2 Å². The van der Waals surface area contributed by atoms with Gasteiger partial charge in [-0.3, -0.25) is 0 Å². The van der Waals surface area contributed by atoms with E-state index in [1.807, 2.05) is 36.4 Å². The first-order chi connectivity index (χ1) is 9.42. The Balaban J connectivity index is 1.77. The fraction of sp³-hybridized carbons (Fsp3) is 0.0667. The summed E-state index contributed by atoms with van der Waals surface area (Å²) >= 11 is 1.74. The van der Waals surface area contributed by atoms with Crippen LogP contribution in [0.4, 0.5) is 5.82 Å². The van der Waals surface area contributed by atoms with Crippen LogP contribution in [0.1, 0.15) is 4.88 Å². The van der Waals surface area contributed by atoms with E-state index in [1.165, 1.54) is 4.88 Å². The molecule has 0 saturated carbocycles. The molecule has 0 aliphatic carbocycles. The van der Waals surface area contributed by atoms with Crippen molar-refractivity contribution in [1.29, 1.82) is 0 Å². The molecule has 0 spiro atoms. The minimum Gasteiger partial charge on any atom is -0.365 e. The van der Waals surface area contributed by atoms with Gasteiger partial charge in [-0.2, -0.15) is 0 Å². The monoisotopic (exact) mass is 267 g/mol. The third-order valence-corrected chi connectivity index (χ3v) is 3.64. The number of anilines is 1. The van der Waals surface area contributed by atoms with Crippen LogP contribution < -0.4 is 5.32 Å². The molecule has 0 aliphatic heterocycles. The molecule has 3 nitrogen and oxygen atoms in total. The second-order valence-corrected chi connectivity index (χ2v) is 5.12. The lowest BCUT2D eigenvalue weighted by molar-refractivity contribution is 1.10. The molecule has 2 heterocycles. The van der Waals surface area contributed by atoms with Gasteiger partial charge in [0, 0.05) is 16.5 Å². The average molecular weight is 267 g/mol. The predicted molar refractivity (Wildman–Crippen MR) is 79.1 cm³/mol. The van der Waals surface area contributed by atoms with E-state index in [0.29, 0.717) is 0 Å². The molecular formula is C15H13N3S. The molecule has 0 radical (unpaired) electrons. The van der Waals surface area contributed by atoms with Crippen molar-refractivity contribution in [3.05, 3.63) is 65.1 Å². The quantitative estimate of drug-likeness (QED) is 0.781. The Bertz CT molecular complexity index is 636. The van der Waals surface area contributed by atoms with Gasteiger partial charge in [0.25, 0.3) is 0 Å². The van der Waals surface area contributed by atoms with E-state index in [0.717, 1.165) is 23.6 Å². The first-order valence-corrected chi connectivity index (χ1v) is 6.93. The zero-order valence-corrected chi connectivity index (χ0v) is 11.1. The van der Waals surface area contributed by atoms with Crippen LogP contribution in [0.15, 0.2) is 60.2 Å². The van der Waals surface area contributed by atoms with Gasteiger partial charge in [0.1, 0.15) is 12.1 Å². The third kappa shape index (κ3) is 2.98. The van der Waals surface area contributed by atoms with Crippen LogP contribution in [0.2, 0.25) is 0 Å². The Hall–Kier alpha value is -2.20. The lowest BCUT2D eigenvalue weighted by Gasteiger charge is -2.05. The van der Waals surface area contributed by atoms with Crippen LogP contribution >= 0.6 is 11.3 Å². The molecule has 4 heteroatoms. The summed E-state index contributed by atoms with van der Waals surface area (Å²) in [5.41, 5.74) is 2.04. The van der Waals surface area contributed by atoms with Crippen LogP contribution in [0, 0.1) is 0 Å². The number of benzene rings is 1. The van der Waals surface area contributed by atoms with Crippen molar-refractivity contribution in [3.63, 3.8) is 0 Å². The van der Waals surface area contributed by atoms with E-state index < -0.39 is 0 Å². The van der Waals surface area contributed by atoms with Gasteiger partial charge in [-0.05, 0) is 11.4 Å². The molecule has 0 aliphatic rings. The van der Waals surface area contributed by atoms with Crippen LogP contribution in [0.3, 0.4) is 0 Å². The van der Waals surface area contributed by atoms with E-state index in [4.69, 9.17) is 0 Å². The summed E-state index contributed by atoms with van der Waals surface area (Å²) in [6.07, 6.45) is 1.60. The largest absolute Gasteiger partial charge is 0.365 e. The summed E-state index contributed by atoms with van der Waals surface area (Å²) in [7, 11) is 0. The second kappa shape index (κ2) is 5.63. The highest BCUT2D eigenvalue weighted by Gasteiger charge is 2.01. The fourth-order valence-corrected chi connectivity index (χ4v) is 2.46. The van der Waals surface area contributed by atoms with E-state index in [9.17, 15) is 0 Å². The van der Waals surface area contributed by atoms with Gasteiger partial charge >= 0.3 is 0 Å². The maximum atomic E-state index is 4.31. The predicted octanol–water partition coefficient (Wildman–Crippen LogP) is 3.82. The summed E-state index contributed by atoms with van der Waals surface area (Å²) in [5.74, 6) is 0.849. The number of hydrogen-bond acceptors (Lipinski definition) is 4. The van der Waals surface area contributed by atoms with Crippen LogP contribution in [0.5, 0.6) is 0 Å². The number of nitrogens with one attached hydrogen (secondary N) is 1. The summed E-state index contributed by atoms with van der Waals surface area (Å²) in [6, 6.07) is 16.3. The minimum atomic E-state index is 0.795. The molecule has 1 N–H and O–H groups in total. The van der Waals surface area contributed by atoms with Crippen molar-refractivity contribution in [2.45, 2.75) is 6.54 Å². The molecule has 0 amide bonds. The van der Waals surface area contributed by atoms with E-state index in [-0.39, 0.29) is 0 Å². The Morgan fingerprint density at radius 2 is 1.89 bits per heavy atom. The molecule has 0 unspecified atom stereocenters. The molecule has 3 aromatic rings. The standard InChI is InChI=1S/C15H13N3S/c1-2-5-12(6-3-1)14-9-15(18-11-17-14)16-10-13-7-4-8-19-13/h1-9,11H,10H2,(H,16,17,18). The summed E-state index contributed by atoms with van der Waals surface area (Å²) < 4.78 is 0. The Morgan fingerprint density at radius 1 is 1.00 bits per heavy atom. The van der Waals surface area contributed by atoms with Gasteiger partial charge in [-0.15, -0.1) is 11.3 Å². The molecule has 1 aromatic carbocycles. The molecule has 19 heavy (non-hydrogen) atoms. The summed E-state index contributed by atoms with van der Waals surface area (Å²) in [4.78, 5) is 9.84. The van der Waals surface area contributed by atoms with Crippen molar-refractivity contribution in [2.75, 3.05) is 5.32 Å². The number of aromatic nitrogens is 2. The highest BCUT2D eigenvalue weighted by atomic mass is 32.1. The zero-order chi connectivity index (χ0) is 12.9. The SMILES string of the molecule is c1ccc(-c2cc(NCc3cccs3)ncn2)cc1. The van der Waals surface area contributed by atoms with Crippen LogP contribution in [-0.2, 0) is 6.54 Å². The smallest absolute Gasteiger partial charge is 0.130 e. The minimum absolute atomic E-state index is 0.795. The van der Waals surface area contributed by atoms with Gasteiger partial charge in [0.15, 0.2) is 0 Å². The van der Waals surface area contributed by atoms with Gasteiger partial charge in [-0.25, -0.2) is 9.97 Å². The topological polar surface area (TPSA) is 37.8 Å². The van der Waals surface area contributed by atoms with Crippen LogP contribution in [-0.4, -0.2) is 9.97 Å². The lowest BCUT2D eigenvalue weighted by atomic mass is 10.1. The molecule has 0 bridgehead atoms. The molecule has 0 saturated heterocycles.